The lowest BCUT2D eigenvalue weighted by molar-refractivity contribution is 0.0459. The van der Waals surface area contributed by atoms with Crippen LogP contribution in [0.15, 0.2) is 48.7 Å². The number of tetrazole rings is 1. The smallest absolute Gasteiger partial charge is 0.340 e. The van der Waals surface area contributed by atoms with E-state index in [1.807, 2.05) is 36.4 Å². The molecular weight excluding hydrogens is 348 g/mol. The maximum absolute atomic E-state index is 12.3. The highest BCUT2D eigenvalue weighted by Gasteiger charge is 2.15. The Morgan fingerprint density at radius 2 is 1.93 bits per heavy atom. The lowest BCUT2D eigenvalue weighted by atomic mass is 10.2. The first-order valence-corrected chi connectivity index (χ1v) is 8.60. The maximum Gasteiger partial charge on any atom is 0.340 e. The van der Waals surface area contributed by atoms with E-state index >= 15 is 0 Å². The molecule has 1 aliphatic rings. The van der Waals surface area contributed by atoms with Crippen LogP contribution in [0.1, 0.15) is 16.2 Å². The van der Waals surface area contributed by atoms with Crippen molar-refractivity contribution in [1.82, 2.24) is 25.2 Å². The molecule has 3 heterocycles. The van der Waals surface area contributed by atoms with Gasteiger partial charge in [-0.2, -0.15) is 4.68 Å². The molecule has 0 atom stereocenters. The molecule has 0 aliphatic carbocycles. The molecule has 1 fully saturated rings. The molecule has 0 saturated carbocycles. The van der Waals surface area contributed by atoms with Gasteiger partial charge in [-0.1, -0.05) is 18.2 Å². The standard InChI is InChI=1S/C18H18N6O3/c25-18(14-6-7-16(19-12-14)23-8-10-26-11-9-23)27-13-17-20-21-22-24(17)15-4-2-1-3-5-15/h1-7,12H,8-11,13H2. The summed E-state index contributed by atoms with van der Waals surface area (Å²) >= 11 is 0. The number of carbonyl (C=O) groups excluding carboxylic acids is 1. The second-order valence-electron chi connectivity index (χ2n) is 5.92. The first-order chi connectivity index (χ1) is 13.3. The molecule has 27 heavy (non-hydrogen) atoms. The minimum Gasteiger partial charge on any atom is -0.454 e. The first kappa shape index (κ1) is 17.1. The quantitative estimate of drug-likeness (QED) is 0.623. The second-order valence-corrected chi connectivity index (χ2v) is 5.92. The summed E-state index contributed by atoms with van der Waals surface area (Å²) in [6, 6.07) is 12.9. The number of rotatable bonds is 5. The first-order valence-electron chi connectivity index (χ1n) is 8.60. The van der Waals surface area contributed by atoms with Crippen molar-refractivity contribution >= 4 is 11.8 Å². The molecule has 4 rings (SSSR count). The average Bonchev–Trinajstić information content (AvgIpc) is 3.22. The highest BCUT2D eigenvalue weighted by Crippen LogP contribution is 2.14. The van der Waals surface area contributed by atoms with Crippen molar-refractivity contribution in [3.05, 3.63) is 60.0 Å². The fourth-order valence-corrected chi connectivity index (χ4v) is 2.77. The number of pyridine rings is 1. The predicted molar refractivity (Wildman–Crippen MR) is 95.5 cm³/mol. The molecule has 9 nitrogen and oxygen atoms in total. The number of hydrogen-bond donors (Lipinski definition) is 0. The van der Waals surface area contributed by atoms with Crippen LogP contribution in [0.25, 0.3) is 5.69 Å². The van der Waals surface area contributed by atoms with E-state index in [-0.39, 0.29) is 6.61 Å². The van der Waals surface area contributed by atoms with Gasteiger partial charge < -0.3 is 14.4 Å². The highest BCUT2D eigenvalue weighted by atomic mass is 16.5. The molecular formula is C18H18N6O3. The number of morpholine rings is 1. The van der Waals surface area contributed by atoms with E-state index in [0.29, 0.717) is 24.6 Å². The summed E-state index contributed by atoms with van der Waals surface area (Å²) in [6.45, 7) is 2.91. The second kappa shape index (κ2) is 7.92. The van der Waals surface area contributed by atoms with Crippen molar-refractivity contribution in [2.75, 3.05) is 31.2 Å². The number of para-hydroxylation sites is 1. The van der Waals surface area contributed by atoms with Crippen LogP contribution in [0.2, 0.25) is 0 Å². The molecule has 0 radical (unpaired) electrons. The van der Waals surface area contributed by atoms with Crippen LogP contribution in [0, 0.1) is 0 Å². The average molecular weight is 366 g/mol. The Bertz CT molecular complexity index is 891. The maximum atomic E-state index is 12.3. The van der Waals surface area contributed by atoms with Crippen LogP contribution in [0.3, 0.4) is 0 Å². The zero-order chi connectivity index (χ0) is 18.5. The van der Waals surface area contributed by atoms with Crippen LogP contribution in [0.5, 0.6) is 0 Å². The van der Waals surface area contributed by atoms with Crippen LogP contribution >= 0.6 is 0 Å². The molecule has 0 N–H and O–H groups in total. The molecule has 1 aromatic carbocycles. The van der Waals surface area contributed by atoms with Gasteiger partial charge in [-0.15, -0.1) is 5.10 Å². The molecule has 9 heteroatoms. The van der Waals surface area contributed by atoms with Crippen molar-refractivity contribution in [3.63, 3.8) is 0 Å². The van der Waals surface area contributed by atoms with E-state index in [2.05, 4.69) is 25.4 Å². The van der Waals surface area contributed by atoms with Gasteiger partial charge in [0.25, 0.3) is 0 Å². The number of anilines is 1. The molecule has 0 spiro atoms. The summed E-state index contributed by atoms with van der Waals surface area (Å²) in [6.07, 6.45) is 1.52. The third kappa shape index (κ3) is 3.93. The summed E-state index contributed by atoms with van der Waals surface area (Å²) in [5.74, 6) is 0.786. The lowest BCUT2D eigenvalue weighted by Gasteiger charge is -2.27. The summed E-state index contributed by atoms with van der Waals surface area (Å²) in [7, 11) is 0. The van der Waals surface area contributed by atoms with Crippen molar-refractivity contribution in [2.24, 2.45) is 0 Å². The van der Waals surface area contributed by atoms with Crippen molar-refractivity contribution < 1.29 is 14.3 Å². The SMILES string of the molecule is O=C(OCc1nnnn1-c1ccccc1)c1ccc(N2CCOCC2)nc1. The largest absolute Gasteiger partial charge is 0.454 e. The molecule has 0 amide bonds. The summed E-state index contributed by atoms with van der Waals surface area (Å²) in [5, 5.41) is 11.5. The molecule has 138 valence electrons. The molecule has 1 aliphatic heterocycles. The zero-order valence-corrected chi connectivity index (χ0v) is 14.6. The fourth-order valence-electron chi connectivity index (χ4n) is 2.77. The van der Waals surface area contributed by atoms with Crippen LogP contribution in [0.4, 0.5) is 5.82 Å². The Balaban J connectivity index is 1.39. The monoisotopic (exact) mass is 366 g/mol. The minimum absolute atomic E-state index is 0.0358. The highest BCUT2D eigenvalue weighted by molar-refractivity contribution is 5.89. The number of benzene rings is 1. The van der Waals surface area contributed by atoms with Gasteiger partial charge in [0.2, 0.25) is 0 Å². The molecule has 3 aromatic rings. The van der Waals surface area contributed by atoms with Crippen LogP contribution in [-0.4, -0.2) is 57.5 Å². The number of esters is 1. The summed E-state index contributed by atoms with van der Waals surface area (Å²) < 4.78 is 12.2. The number of hydrogen-bond acceptors (Lipinski definition) is 8. The normalized spacial score (nSPS) is 14.1. The Hall–Kier alpha value is -3.33. The van der Waals surface area contributed by atoms with Gasteiger partial charge in [0.15, 0.2) is 12.4 Å². The third-order valence-electron chi connectivity index (χ3n) is 4.19. The van der Waals surface area contributed by atoms with Crippen molar-refractivity contribution in [2.45, 2.75) is 6.61 Å². The molecule has 0 bridgehead atoms. The van der Waals surface area contributed by atoms with Crippen LogP contribution in [-0.2, 0) is 16.1 Å². The van der Waals surface area contributed by atoms with Gasteiger partial charge in [-0.25, -0.2) is 9.78 Å². The fraction of sp³-hybridized carbons (Fsp3) is 0.278. The van der Waals surface area contributed by atoms with E-state index in [4.69, 9.17) is 9.47 Å². The summed E-state index contributed by atoms with van der Waals surface area (Å²) in [5.41, 5.74) is 1.18. The van der Waals surface area contributed by atoms with E-state index in [1.54, 1.807) is 6.07 Å². The van der Waals surface area contributed by atoms with Gasteiger partial charge in [0, 0.05) is 19.3 Å². The van der Waals surface area contributed by atoms with E-state index < -0.39 is 5.97 Å². The number of aromatic nitrogens is 5. The Labute approximate surface area is 155 Å². The topological polar surface area (TPSA) is 95.3 Å². The Morgan fingerprint density at radius 3 is 2.67 bits per heavy atom. The minimum atomic E-state index is -0.473. The molecule has 1 saturated heterocycles. The van der Waals surface area contributed by atoms with Crippen molar-refractivity contribution in [3.8, 4) is 5.69 Å². The number of nitrogens with zero attached hydrogens (tertiary/aromatic N) is 6. The van der Waals surface area contributed by atoms with E-state index in [9.17, 15) is 4.79 Å². The van der Waals surface area contributed by atoms with Gasteiger partial charge >= 0.3 is 5.97 Å². The lowest BCUT2D eigenvalue weighted by Crippen LogP contribution is -2.36. The summed E-state index contributed by atoms with van der Waals surface area (Å²) in [4.78, 5) is 18.8. The number of carbonyl (C=O) groups is 1. The predicted octanol–water partition coefficient (Wildman–Crippen LogP) is 1.25. The van der Waals surface area contributed by atoms with Gasteiger partial charge in [-0.05, 0) is 34.7 Å². The Morgan fingerprint density at radius 1 is 1.11 bits per heavy atom. The Kier molecular flexibility index (Phi) is 5.01. The van der Waals surface area contributed by atoms with Gasteiger partial charge in [0.05, 0.1) is 24.5 Å². The van der Waals surface area contributed by atoms with Crippen LogP contribution < -0.4 is 4.90 Å². The van der Waals surface area contributed by atoms with Gasteiger partial charge in [0.1, 0.15) is 5.82 Å². The molecule has 2 aromatic heterocycles. The van der Waals surface area contributed by atoms with Gasteiger partial charge in [-0.3, -0.25) is 0 Å². The third-order valence-corrected chi connectivity index (χ3v) is 4.19. The van der Waals surface area contributed by atoms with E-state index in [0.717, 1.165) is 24.6 Å². The molecule has 0 unspecified atom stereocenters. The number of ether oxygens (including phenoxy) is 2. The van der Waals surface area contributed by atoms with E-state index in [1.165, 1.54) is 10.9 Å². The zero-order valence-electron chi connectivity index (χ0n) is 14.6. The van der Waals surface area contributed by atoms with Crippen molar-refractivity contribution in [1.29, 1.82) is 0 Å².